The fourth-order valence-corrected chi connectivity index (χ4v) is 2.69. The topological polar surface area (TPSA) is 29.1 Å². The van der Waals surface area contributed by atoms with E-state index >= 15 is 0 Å². The van der Waals surface area contributed by atoms with Gasteiger partial charge in [-0.3, -0.25) is 4.79 Å². The van der Waals surface area contributed by atoms with Gasteiger partial charge in [0.25, 0.3) is 0 Å². The molecule has 2 nitrogen and oxygen atoms in total. The molecule has 0 spiro atoms. The van der Waals surface area contributed by atoms with Gasteiger partial charge >= 0.3 is 0 Å². The molecule has 2 heteroatoms. The Morgan fingerprint density at radius 1 is 0.842 bits per heavy atom. The molecule has 0 aliphatic heterocycles. The molecular formula is C17H35NO. The van der Waals surface area contributed by atoms with E-state index < -0.39 is 0 Å². The molecule has 0 rings (SSSR count). The van der Waals surface area contributed by atoms with Gasteiger partial charge in [0.15, 0.2) is 0 Å². The molecule has 1 unspecified atom stereocenters. The minimum atomic E-state index is -0.145. The van der Waals surface area contributed by atoms with Crippen molar-refractivity contribution in [3.8, 4) is 0 Å². The molecule has 0 aliphatic rings. The van der Waals surface area contributed by atoms with Crippen LogP contribution in [0.5, 0.6) is 0 Å². The summed E-state index contributed by atoms with van der Waals surface area (Å²) >= 11 is 0. The Balaban J connectivity index is 3.89. The number of carbonyl (C=O) groups is 1. The van der Waals surface area contributed by atoms with E-state index in [1.165, 1.54) is 51.4 Å². The Bertz CT molecular complexity index is 227. The van der Waals surface area contributed by atoms with Gasteiger partial charge in [-0.1, -0.05) is 78.6 Å². The van der Waals surface area contributed by atoms with E-state index in [9.17, 15) is 4.79 Å². The summed E-state index contributed by atoms with van der Waals surface area (Å²) in [6, 6.07) is 0. The Morgan fingerprint density at radius 3 is 1.84 bits per heavy atom. The van der Waals surface area contributed by atoms with Crippen molar-refractivity contribution in [3.05, 3.63) is 0 Å². The normalized spacial score (nSPS) is 14.1. The number of carbonyl (C=O) groups excluding carboxylic acids is 1. The lowest BCUT2D eigenvalue weighted by molar-refractivity contribution is -0.130. The zero-order valence-electron chi connectivity index (χ0n) is 13.7. The van der Waals surface area contributed by atoms with Crippen molar-refractivity contribution < 1.29 is 4.79 Å². The van der Waals surface area contributed by atoms with Crippen molar-refractivity contribution in [1.29, 1.82) is 0 Å². The smallest absolute Gasteiger partial charge is 0.225 e. The Kier molecular flexibility index (Phi) is 11.0. The van der Waals surface area contributed by atoms with Gasteiger partial charge in [-0.05, 0) is 12.8 Å². The number of nitrogens with one attached hydrogen (secondary N) is 1. The van der Waals surface area contributed by atoms with Crippen LogP contribution >= 0.6 is 0 Å². The molecular weight excluding hydrogens is 234 g/mol. The van der Waals surface area contributed by atoms with Crippen LogP contribution < -0.4 is 5.32 Å². The fraction of sp³-hybridized carbons (Fsp3) is 0.941. The maximum absolute atomic E-state index is 12.0. The fourth-order valence-electron chi connectivity index (χ4n) is 2.69. The first-order valence-corrected chi connectivity index (χ1v) is 8.33. The minimum Gasteiger partial charge on any atom is -0.359 e. The van der Waals surface area contributed by atoms with Crippen LogP contribution in [0.25, 0.3) is 0 Å². The highest BCUT2D eigenvalue weighted by atomic mass is 16.2. The highest BCUT2D eigenvalue weighted by Gasteiger charge is 2.30. The molecule has 0 fully saturated rings. The van der Waals surface area contributed by atoms with Gasteiger partial charge in [-0.25, -0.2) is 0 Å². The third kappa shape index (κ3) is 8.28. The van der Waals surface area contributed by atoms with Gasteiger partial charge in [0, 0.05) is 12.5 Å². The van der Waals surface area contributed by atoms with E-state index in [0.717, 1.165) is 19.3 Å². The summed E-state index contributed by atoms with van der Waals surface area (Å²) in [4.78, 5) is 12.0. The molecule has 1 atom stereocenters. The summed E-state index contributed by atoms with van der Waals surface area (Å²) in [7, 11) is 1.76. The number of unbranched alkanes of at least 4 members (excludes halogenated alkanes) is 7. The molecule has 0 aromatic carbocycles. The van der Waals surface area contributed by atoms with E-state index in [1.807, 2.05) is 0 Å². The average molecular weight is 269 g/mol. The monoisotopic (exact) mass is 269 g/mol. The van der Waals surface area contributed by atoms with Crippen LogP contribution in [0, 0.1) is 5.41 Å². The summed E-state index contributed by atoms with van der Waals surface area (Å²) < 4.78 is 0. The molecule has 1 N–H and O–H groups in total. The van der Waals surface area contributed by atoms with Crippen LogP contribution in [-0.2, 0) is 4.79 Å². The van der Waals surface area contributed by atoms with Crippen LogP contribution in [0.15, 0.2) is 0 Å². The van der Waals surface area contributed by atoms with Crippen LogP contribution in [-0.4, -0.2) is 13.0 Å². The first-order chi connectivity index (χ1) is 9.10. The molecule has 0 bridgehead atoms. The summed E-state index contributed by atoms with van der Waals surface area (Å²) in [6.45, 7) is 6.58. The maximum Gasteiger partial charge on any atom is 0.225 e. The lowest BCUT2D eigenvalue weighted by Gasteiger charge is -2.27. The minimum absolute atomic E-state index is 0.145. The zero-order chi connectivity index (χ0) is 14.6. The molecule has 0 heterocycles. The van der Waals surface area contributed by atoms with Crippen molar-refractivity contribution in [2.45, 2.75) is 91.4 Å². The second kappa shape index (κ2) is 11.3. The molecule has 1 amide bonds. The van der Waals surface area contributed by atoms with E-state index in [1.54, 1.807) is 7.05 Å². The van der Waals surface area contributed by atoms with Crippen LogP contribution in [0.3, 0.4) is 0 Å². The third-order valence-electron chi connectivity index (χ3n) is 4.19. The van der Waals surface area contributed by atoms with Crippen molar-refractivity contribution in [2.24, 2.45) is 5.41 Å². The van der Waals surface area contributed by atoms with Gasteiger partial charge in [0.2, 0.25) is 5.91 Å². The summed E-state index contributed by atoms with van der Waals surface area (Å²) in [5, 5.41) is 2.84. The number of hydrogen-bond acceptors (Lipinski definition) is 1. The number of amides is 1. The lowest BCUT2D eigenvalue weighted by Crippen LogP contribution is -2.36. The number of hydrogen-bond donors (Lipinski definition) is 1. The van der Waals surface area contributed by atoms with Gasteiger partial charge < -0.3 is 5.32 Å². The van der Waals surface area contributed by atoms with Crippen LogP contribution in [0.4, 0.5) is 0 Å². The summed E-state index contributed by atoms with van der Waals surface area (Å²) in [5.41, 5.74) is -0.145. The largest absolute Gasteiger partial charge is 0.359 e. The van der Waals surface area contributed by atoms with Crippen LogP contribution in [0.2, 0.25) is 0 Å². The standard InChI is InChI=1S/C17H35NO/c1-5-7-9-10-11-12-13-15-17(3,14-8-6-2)16(19)18-4/h5-15H2,1-4H3,(H,18,19). The quantitative estimate of drug-likeness (QED) is 0.492. The van der Waals surface area contributed by atoms with E-state index in [-0.39, 0.29) is 11.3 Å². The second-order valence-corrected chi connectivity index (χ2v) is 6.11. The first-order valence-electron chi connectivity index (χ1n) is 8.33. The number of rotatable bonds is 12. The highest BCUT2D eigenvalue weighted by molar-refractivity contribution is 5.81. The van der Waals surface area contributed by atoms with Crippen LogP contribution in [0.1, 0.15) is 91.4 Å². The van der Waals surface area contributed by atoms with Crippen molar-refractivity contribution in [3.63, 3.8) is 0 Å². The lowest BCUT2D eigenvalue weighted by atomic mass is 9.79. The van der Waals surface area contributed by atoms with E-state index in [4.69, 9.17) is 0 Å². The van der Waals surface area contributed by atoms with Gasteiger partial charge in [0.1, 0.15) is 0 Å². The maximum atomic E-state index is 12.0. The van der Waals surface area contributed by atoms with Crippen molar-refractivity contribution in [2.75, 3.05) is 7.05 Å². The SMILES string of the molecule is CCCCCCCCCC(C)(CCCC)C(=O)NC. The van der Waals surface area contributed by atoms with Gasteiger partial charge in [-0.2, -0.15) is 0 Å². The zero-order valence-corrected chi connectivity index (χ0v) is 13.7. The van der Waals surface area contributed by atoms with Gasteiger partial charge in [0.05, 0.1) is 0 Å². The van der Waals surface area contributed by atoms with E-state index in [2.05, 4.69) is 26.1 Å². The molecule has 114 valence electrons. The van der Waals surface area contributed by atoms with Gasteiger partial charge in [-0.15, -0.1) is 0 Å². The summed E-state index contributed by atoms with van der Waals surface area (Å²) in [5.74, 6) is 0.229. The molecule has 0 radical (unpaired) electrons. The summed E-state index contributed by atoms with van der Waals surface area (Å²) in [6.07, 6.45) is 13.6. The third-order valence-corrected chi connectivity index (χ3v) is 4.19. The molecule has 0 saturated heterocycles. The van der Waals surface area contributed by atoms with E-state index in [0.29, 0.717) is 0 Å². The highest BCUT2D eigenvalue weighted by Crippen LogP contribution is 2.31. The Labute approximate surface area is 120 Å². The van der Waals surface area contributed by atoms with Crippen molar-refractivity contribution in [1.82, 2.24) is 5.32 Å². The molecule has 19 heavy (non-hydrogen) atoms. The molecule has 0 aliphatic carbocycles. The second-order valence-electron chi connectivity index (χ2n) is 6.11. The van der Waals surface area contributed by atoms with Crippen molar-refractivity contribution >= 4 is 5.91 Å². The Hall–Kier alpha value is -0.530. The molecule has 0 saturated carbocycles. The Morgan fingerprint density at radius 2 is 1.32 bits per heavy atom. The predicted molar refractivity (Wildman–Crippen MR) is 84.3 cm³/mol. The average Bonchev–Trinajstić information content (AvgIpc) is 2.43. The predicted octanol–water partition coefficient (Wildman–Crippen LogP) is 5.07. The first kappa shape index (κ1) is 18.5. The molecule has 0 aromatic rings. The molecule has 0 aromatic heterocycles.